The van der Waals surface area contributed by atoms with Crippen molar-refractivity contribution in [1.29, 1.82) is 0 Å². The van der Waals surface area contributed by atoms with Gasteiger partial charge in [0.25, 0.3) is 15.9 Å². The van der Waals surface area contributed by atoms with Gasteiger partial charge in [0.1, 0.15) is 0 Å². The molecule has 0 aliphatic carbocycles. The summed E-state index contributed by atoms with van der Waals surface area (Å²) in [6.45, 7) is 2.34. The Morgan fingerprint density at radius 1 is 1.08 bits per heavy atom. The van der Waals surface area contributed by atoms with E-state index in [0.717, 1.165) is 30.7 Å². The zero-order valence-electron chi connectivity index (χ0n) is 13.8. The van der Waals surface area contributed by atoms with Gasteiger partial charge in [-0.15, -0.1) is 0 Å². The van der Waals surface area contributed by atoms with Crippen molar-refractivity contribution in [3.8, 4) is 0 Å². The fraction of sp³-hybridized carbons (Fsp3) is 0.235. The Kier molecular flexibility index (Phi) is 5.91. The molecule has 0 bridgehead atoms. The van der Waals surface area contributed by atoms with Crippen LogP contribution in [-0.2, 0) is 16.2 Å². The van der Waals surface area contributed by atoms with Gasteiger partial charge in [0.05, 0.1) is 10.5 Å². The van der Waals surface area contributed by atoms with Crippen LogP contribution in [0.5, 0.6) is 0 Å². The second kappa shape index (κ2) is 7.77. The van der Waals surface area contributed by atoms with Crippen molar-refractivity contribution in [3.63, 3.8) is 0 Å². The summed E-state index contributed by atoms with van der Waals surface area (Å²) in [6.07, 6.45) is -3.77. The summed E-state index contributed by atoms with van der Waals surface area (Å²) < 4.78 is 64.7. The Labute approximate surface area is 149 Å². The lowest BCUT2D eigenvalue weighted by atomic mass is 10.2. The maximum Gasteiger partial charge on any atom is 0.416 e. The predicted molar refractivity (Wildman–Crippen MR) is 91.3 cm³/mol. The standard InChI is InChI=1S/C17H17F3N2O3S/c1-2-10-21-16(23)12-4-3-5-15(11-12)26(24,25)22-14-8-6-13(7-9-14)17(18,19)20/h3-9,11,22H,2,10H2,1H3,(H,21,23). The van der Waals surface area contributed by atoms with Gasteiger partial charge in [0.2, 0.25) is 0 Å². The zero-order chi connectivity index (χ0) is 19.4. The molecule has 0 aliphatic rings. The van der Waals surface area contributed by atoms with Gasteiger partial charge in [-0.25, -0.2) is 8.42 Å². The van der Waals surface area contributed by atoms with E-state index in [0.29, 0.717) is 6.54 Å². The van der Waals surface area contributed by atoms with Crippen LogP contribution in [-0.4, -0.2) is 20.9 Å². The monoisotopic (exact) mass is 386 g/mol. The topological polar surface area (TPSA) is 75.3 Å². The number of halogens is 3. The highest BCUT2D eigenvalue weighted by atomic mass is 32.2. The third kappa shape index (κ3) is 4.98. The minimum absolute atomic E-state index is 0.0150. The van der Waals surface area contributed by atoms with E-state index in [1.165, 1.54) is 24.3 Å². The van der Waals surface area contributed by atoms with E-state index in [4.69, 9.17) is 0 Å². The van der Waals surface area contributed by atoms with Gasteiger partial charge in [0.15, 0.2) is 0 Å². The van der Waals surface area contributed by atoms with Crippen molar-refractivity contribution in [2.75, 3.05) is 11.3 Å². The number of hydrogen-bond donors (Lipinski definition) is 2. The molecule has 140 valence electrons. The minimum Gasteiger partial charge on any atom is -0.352 e. The van der Waals surface area contributed by atoms with Gasteiger partial charge < -0.3 is 5.32 Å². The molecule has 0 unspecified atom stereocenters. The van der Waals surface area contributed by atoms with Gasteiger partial charge in [-0.1, -0.05) is 13.0 Å². The van der Waals surface area contributed by atoms with Gasteiger partial charge in [-0.05, 0) is 48.9 Å². The van der Waals surface area contributed by atoms with E-state index in [1.807, 2.05) is 6.92 Å². The molecule has 0 radical (unpaired) electrons. The fourth-order valence-corrected chi connectivity index (χ4v) is 3.19. The first kappa shape index (κ1) is 19.8. The quantitative estimate of drug-likeness (QED) is 0.796. The van der Waals surface area contributed by atoms with Crippen molar-refractivity contribution in [3.05, 3.63) is 59.7 Å². The predicted octanol–water partition coefficient (Wildman–Crippen LogP) is 3.65. The fourth-order valence-electron chi connectivity index (χ4n) is 2.09. The second-order valence-electron chi connectivity index (χ2n) is 5.46. The van der Waals surface area contributed by atoms with E-state index in [9.17, 15) is 26.4 Å². The number of carbonyl (C=O) groups excluding carboxylic acids is 1. The molecule has 0 saturated carbocycles. The molecule has 0 fully saturated rings. The van der Waals surface area contributed by atoms with Crippen LogP contribution in [0.2, 0.25) is 0 Å². The highest BCUT2D eigenvalue weighted by Gasteiger charge is 2.30. The van der Waals surface area contributed by atoms with Crippen LogP contribution in [0.3, 0.4) is 0 Å². The summed E-state index contributed by atoms with van der Waals surface area (Å²) in [7, 11) is -4.05. The van der Waals surface area contributed by atoms with E-state index >= 15 is 0 Å². The molecular weight excluding hydrogens is 369 g/mol. The van der Waals surface area contributed by atoms with Crippen LogP contribution in [0.4, 0.5) is 18.9 Å². The number of amides is 1. The van der Waals surface area contributed by atoms with Crippen LogP contribution in [0.15, 0.2) is 53.4 Å². The average Bonchev–Trinajstić information content (AvgIpc) is 2.59. The van der Waals surface area contributed by atoms with Crippen LogP contribution in [0.25, 0.3) is 0 Å². The molecule has 9 heteroatoms. The number of carbonyl (C=O) groups is 1. The van der Waals surface area contributed by atoms with Crippen molar-refractivity contribution in [1.82, 2.24) is 5.32 Å². The molecule has 2 N–H and O–H groups in total. The SMILES string of the molecule is CCCNC(=O)c1cccc(S(=O)(=O)Nc2ccc(C(F)(F)F)cc2)c1. The highest BCUT2D eigenvalue weighted by Crippen LogP contribution is 2.30. The largest absolute Gasteiger partial charge is 0.416 e. The highest BCUT2D eigenvalue weighted by molar-refractivity contribution is 7.92. The van der Waals surface area contributed by atoms with Crippen molar-refractivity contribution >= 4 is 21.6 Å². The lowest BCUT2D eigenvalue weighted by molar-refractivity contribution is -0.137. The molecule has 2 aromatic rings. The van der Waals surface area contributed by atoms with Crippen LogP contribution in [0.1, 0.15) is 29.3 Å². The van der Waals surface area contributed by atoms with Gasteiger partial charge in [0, 0.05) is 17.8 Å². The summed E-state index contributed by atoms with van der Waals surface area (Å²) in [6, 6.07) is 9.01. The maximum atomic E-state index is 12.6. The maximum absolute atomic E-state index is 12.6. The molecule has 0 aliphatic heterocycles. The van der Waals surface area contributed by atoms with Crippen LogP contribution in [0, 0.1) is 0 Å². The van der Waals surface area contributed by atoms with E-state index < -0.39 is 27.7 Å². The van der Waals surface area contributed by atoms with E-state index in [-0.39, 0.29) is 16.1 Å². The molecule has 0 aromatic heterocycles. The van der Waals surface area contributed by atoms with Gasteiger partial charge in [-0.2, -0.15) is 13.2 Å². The Bertz CT molecular complexity index is 879. The Morgan fingerprint density at radius 2 is 1.73 bits per heavy atom. The molecule has 2 aromatic carbocycles. The number of alkyl halides is 3. The first-order valence-electron chi connectivity index (χ1n) is 7.72. The van der Waals surface area contributed by atoms with Crippen molar-refractivity contribution < 1.29 is 26.4 Å². The Hall–Kier alpha value is -2.55. The lowest BCUT2D eigenvalue weighted by Crippen LogP contribution is -2.24. The molecule has 0 saturated heterocycles. The number of nitrogens with one attached hydrogen (secondary N) is 2. The molecular formula is C17H17F3N2O3S. The normalized spacial score (nSPS) is 11.8. The first-order chi connectivity index (χ1) is 12.1. The van der Waals surface area contributed by atoms with Crippen LogP contribution < -0.4 is 10.0 Å². The molecule has 2 rings (SSSR count). The summed E-state index contributed by atoms with van der Waals surface area (Å²) in [5.41, 5.74) is -0.720. The number of hydrogen-bond acceptors (Lipinski definition) is 3. The second-order valence-corrected chi connectivity index (χ2v) is 7.15. The smallest absolute Gasteiger partial charge is 0.352 e. The van der Waals surface area contributed by atoms with Crippen molar-refractivity contribution in [2.45, 2.75) is 24.4 Å². The number of benzene rings is 2. The molecule has 1 amide bonds. The molecule has 26 heavy (non-hydrogen) atoms. The Balaban J connectivity index is 2.21. The third-order valence-electron chi connectivity index (χ3n) is 3.41. The Morgan fingerprint density at radius 3 is 2.31 bits per heavy atom. The molecule has 0 heterocycles. The summed E-state index contributed by atoms with van der Waals surface area (Å²) >= 11 is 0. The molecule has 5 nitrogen and oxygen atoms in total. The van der Waals surface area contributed by atoms with E-state index in [1.54, 1.807) is 0 Å². The van der Waals surface area contributed by atoms with Gasteiger partial charge >= 0.3 is 6.18 Å². The summed E-state index contributed by atoms with van der Waals surface area (Å²) in [5.74, 6) is -0.404. The molecule has 0 atom stereocenters. The van der Waals surface area contributed by atoms with Crippen LogP contribution >= 0.6 is 0 Å². The summed E-state index contributed by atoms with van der Waals surface area (Å²) in [5, 5.41) is 2.64. The minimum atomic E-state index is -4.50. The van der Waals surface area contributed by atoms with E-state index in [2.05, 4.69) is 10.0 Å². The zero-order valence-corrected chi connectivity index (χ0v) is 14.6. The van der Waals surface area contributed by atoms with Gasteiger partial charge in [-0.3, -0.25) is 9.52 Å². The van der Waals surface area contributed by atoms with Crippen molar-refractivity contribution in [2.24, 2.45) is 0 Å². The average molecular weight is 386 g/mol. The molecule has 0 spiro atoms. The number of rotatable bonds is 6. The number of anilines is 1. The lowest BCUT2D eigenvalue weighted by Gasteiger charge is -2.11. The third-order valence-corrected chi connectivity index (χ3v) is 4.79. The number of sulfonamides is 1. The first-order valence-corrected chi connectivity index (χ1v) is 9.20. The summed E-state index contributed by atoms with van der Waals surface area (Å²) in [4.78, 5) is 11.8.